The van der Waals surface area contributed by atoms with Gasteiger partial charge in [-0.15, -0.1) is 0 Å². The first-order valence-electron chi connectivity index (χ1n) is 7.76. The Morgan fingerprint density at radius 2 is 1.64 bits per heavy atom. The van der Waals surface area contributed by atoms with E-state index in [1.807, 2.05) is 0 Å². The van der Waals surface area contributed by atoms with Crippen LogP contribution in [0.15, 0.2) is 66.7 Å². The smallest absolute Gasteiger partial charge is 0.129 e. The summed E-state index contributed by atoms with van der Waals surface area (Å²) in [6.07, 6.45) is 0. The first-order valence-corrected chi connectivity index (χ1v) is 8.14. The molecular formula is C20H16ClF2NO. The van der Waals surface area contributed by atoms with E-state index in [0.29, 0.717) is 22.9 Å². The zero-order valence-corrected chi connectivity index (χ0v) is 14.1. The van der Waals surface area contributed by atoms with E-state index in [0.717, 1.165) is 11.3 Å². The zero-order valence-electron chi connectivity index (χ0n) is 13.3. The highest BCUT2D eigenvalue weighted by Gasteiger charge is 2.08. The van der Waals surface area contributed by atoms with Crippen LogP contribution in [0.5, 0.6) is 5.75 Å². The standard InChI is InChI=1S/C20H16ClF2NO/c21-16-5-10-20(25-13-14-3-1-2-4-19(14)23)15(11-16)12-24-18-8-6-17(22)7-9-18/h1-11,24H,12-13H2. The summed E-state index contributed by atoms with van der Waals surface area (Å²) in [5, 5.41) is 3.76. The summed E-state index contributed by atoms with van der Waals surface area (Å²) in [6.45, 7) is 0.566. The molecule has 0 radical (unpaired) electrons. The molecule has 0 bridgehead atoms. The molecule has 0 spiro atoms. The number of hydrogen-bond acceptors (Lipinski definition) is 2. The third-order valence-electron chi connectivity index (χ3n) is 3.69. The number of ether oxygens (including phenoxy) is 1. The Kier molecular flexibility index (Phi) is 5.51. The third-order valence-corrected chi connectivity index (χ3v) is 3.93. The van der Waals surface area contributed by atoms with E-state index in [1.54, 1.807) is 48.5 Å². The molecule has 0 aliphatic carbocycles. The van der Waals surface area contributed by atoms with Crippen molar-refractivity contribution in [2.75, 3.05) is 5.32 Å². The van der Waals surface area contributed by atoms with Gasteiger partial charge in [0.15, 0.2) is 0 Å². The predicted octanol–water partition coefficient (Wildman–Crippen LogP) is 5.81. The van der Waals surface area contributed by atoms with E-state index in [-0.39, 0.29) is 18.2 Å². The Morgan fingerprint density at radius 1 is 0.880 bits per heavy atom. The van der Waals surface area contributed by atoms with Crippen molar-refractivity contribution in [3.05, 3.63) is 94.5 Å². The first-order chi connectivity index (χ1) is 12.1. The van der Waals surface area contributed by atoms with Crippen LogP contribution >= 0.6 is 11.6 Å². The minimum Gasteiger partial charge on any atom is -0.488 e. The minimum atomic E-state index is -0.303. The van der Waals surface area contributed by atoms with Crippen molar-refractivity contribution in [1.29, 1.82) is 0 Å². The third kappa shape index (κ3) is 4.70. The van der Waals surface area contributed by atoms with Crippen molar-refractivity contribution in [1.82, 2.24) is 0 Å². The number of hydrogen-bond donors (Lipinski definition) is 1. The van der Waals surface area contributed by atoms with Gasteiger partial charge in [0.1, 0.15) is 24.0 Å². The maximum Gasteiger partial charge on any atom is 0.129 e. The van der Waals surface area contributed by atoms with Crippen LogP contribution in [-0.2, 0) is 13.2 Å². The number of halogens is 3. The number of benzene rings is 3. The van der Waals surface area contributed by atoms with Gasteiger partial charge < -0.3 is 10.1 Å². The molecule has 3 aromatic rings. The molecule has 25 heavy (non-hydrogen) atoms. The van der Waals surface area contributed by atoms with Gasteiger partial charge in [0.2, 0.25) is 0 Å². The van der Waals surface area contributed by atoms with E-state index in [4.69, 9.17) is 16.3 Å². The highest BCUT2D eigenvalue weighted by atomic mass is 35.5. The molecule has 0 unspecified atom stereocenters. The molecule has 0 amide bonds. The van der Waals surface area contributed by atoms with Gasteiger partial charge in [-0.25, -0.2) is 8.78 Å². The van der Waals surface area contributed by atoms with Gasteiger partial charge in [-0.3, -0.25) is 0 Å². The van der Waals surface area contributed by atoms with Crippen molar-refractivity contribution in [2.24, 2.45) is 0 Å². The van der Waals surface area contributed by atoms with Crippen molar-refractivity contribution >= 4 is 17.3 Å². The van der Waals surface area contributed by atoms with E-state index in [9.17, 15) is 8.78 Å². The topological polar surface area (TPSA) is 21.3 Å². The Labute approximate surface area is 150 Å². The summed E-state index contributed by atoms with van der Waals surface area (Å²) in [5.74, 6) is 0.0203. The molecular weight excluding hydrogens is 344 g/mol. The monoisotopic (exact) mass is 359 g/mol. The molecule has 2 nitrogen and oxygen atoms in total. The summed E-state index contributed by atoms with van der Waals surface area (Å²) in [7, 11) is 0. The average molecular weight is 360 g/mol. The van der Waals surface area contributed by atoms with Crippen LogP contribution in [0.3, 0.4) is 0 Å². The van der Waals surface area contributed by atoms with Crippen LogP contribution in [0.1, 0.15) is 11.1 Å². The van der Waals surface area contributed by atoms with Gasteiger partial charge in [0.05, 0.1) is 0 Å². The number of rotatable bonds is 6. The molecule has 3 aromatic carbocycles. The zero-order chi connectivity index (χ0) is 17.6. The summed E-state index contributed by atoms with van der Waals surface area (Å²) in [4.78, 5) is 0. The quantitative estimate of drug-likeness (QED) is 0.599. The van der Waals surface area contributed by atoms with Crippen LogP contribution in [0.2, 0.25) is 5.02 Å². The second-order valence-corrected chi connectivity index (χ2v) is 5.93. The van der Waals surface area contributed by atoms with E-state index >= 15 is 0 Å². The fourth-order valence-electron chi connectivity index (χ4n) is 2.36. The molecule has 0 saturated heterocycles. The van der Waals surface area contributed by atoms with Crippen molar-refractivity contribution in [3.63, 3.8) is 0 Å². The van der Waals surface area contributed by atoms with Gasteiger partial charge in [-0.2, -0.15) is 0 Å². The Hall–Kier alpha value is -2.59. The molecule has 5 heteroatoms. The van der Waals surface area contributed by atoms with Gasteiger partial charge >= 0.3 is 0 Å². The molecule has 3 rings (SSSR count). The van der Waals surface area contributed by atoms with Crippen LogP contribution < -0.4 is 10.1 Å². The SMILES string of the molecule is Fc1ccc(NCc2cc(Cl)ccc2OCc2ccccc2F)cc1. The minimum absolute atomic E-state index is 0.123. The van der Waals surface area contributed by atoms with Gasteiger partial charge in [-0.1, -0.05) is 29.8 Å². The first kappa shape index (κ1) is 17.2. The lowest BCUT2D eigenvalue weighted by atomic mass is 10.2. The van der Waals surface area contributed by atoms with E-state index in [1.165, 1.54) is 18.2 Å². The lowest BCUT2D eigenvalue weighted by Gasteiger charge is -2.14. The normalized spacial score (nSPS) is 10.5. The molecule has 0 saturated carbocycles. The summed E-state index contributed by atoms with van der Waals surface area (Å²) in [6, 6.07) is 17.8. The predicted molar refractivity (Wildman–Crippen MR) is 95.9 cm³/mol. The molecule has 0 atom stereocenters. The van der Waals surface area contributed by atoms with Gasteiger partial charge in [0, 0.05) is 28.4 Å². The van der Waals surface area contributed by atoms with Crippen molar-refractivity contribution in [3.8, 4) is 5.75 Å². The van der Waals surface area contributed by atoms with Crippen LogP contribution in [0.25, 0.3) is 0 Å². The van der Waals surface area contributed by atoms with Crippen molar-refractivity contribution in [2.45, 2.75) is 13.2 Å². The molecule has 0 aliphatic heterocycles. The maximum atomic E-state index is 13.7. The molecule has 0 aromatic heterocycles. The summed E-state index contributed by atoms with van der Waals surface area (Å²) >= 11 is 6.07. The van der Waals surface area contributed by atoms with E-state index in [2.05, 4.69) is 5.32 Å². The van der Waals surface area contributed by atoms with Crippen LogP contribution in [-0.4, -0.2) is 0 Å². The average Bonchev–Trinajstić information content (AvgIpc) is 2.62. The Bertz CT molecular complexity index is 853. The number of anilines is 1. The lowest BCUT2D eigenvalue weighted by Crippen LogP contribution is -2.04. The molecule has 0 fully saturated rings. The molecule has 1 N–H and O–H groups in total. The molecule has 128 valence electrons. The largest absolute Gasteiger partial charge is 0.488 e. The van der Waals surface area contributed by atoms with Crippen LogP contribution in [0.4, 0.5) is 14.5 Å². The second-order valence-electron chi connectivity index (χ2n) is 5.49. The Morgan fingerprint density at radius 3 is 2.40 bits per heavy atom. The fourth-order valence-corrected chi connectivity index (χ4v) is 2.56. The Balaban J connectivity index is 1.71. The summed E-state index contributed by atoms with van der Waals surface area (Å²) < 4.78 is 32.4. The second kappa shape index (κ2) is 7.99. The lowest BCUT2D eigenvalue weighted by molar-refractivity contribution is 0.297. The van der Waals surface area contributed by atoms with Crippen molar-refractivity contribution < 1.29 is 13.5 Å². The molecule has 0 heterocycles. The highest BCUT2D eigenvalue weighted by Crippen LogP contribution is 2.25. The highest BCUT2D eigenvalue weighted by molar-refractivity contribution is 6.30. The maximum absolute atomic E-state index is 13.7. The van der Waals surface area contributed by atoms with Gasteiger partial charge in [-0.05, 0) is 48.5 Å². The summed E-state index contributed by atoms with van der Waals surface area (Å²) in [5.41, 5.74) is 2.09. The fraction of sp³-hybridized carbons (Fsp3) is 0.100. The van der Waals surface area contributed by atoms with Crippen LogP contribution in [0, 0.1) is 11.6 Å². The van der Waals surface area contributed by atoms with E-state index < -0.39 is 0 Å². The number of nitrogens with one attached hydrogen (secondary N) is 1. The molecule has 0 aliphatic rings. The van der Waals surface area contributed by atoms with Gasteiger partial charge in [0.25, 0.3) is 0 Å².